The topological polar surface area (TPSA) is 63.6 Å². The van der Waals surface area contributed by atoms with Gasteiger partial charge in [-0.2, -0.15) is 0 Å². The highest BCUT2D eigenvalue weighted by atomic mass is 35.5. The van der Waals surface area contributed by atoms with Gasteiger partial charge >= 0.3 is 5.97 Å². The number of ether oxygens (including phenoxy) is 1. The second-order valence-electron chi connectivity index (χ2n) is 5.62. The molecule has 1 atom stereocenters. The van der Waals surface area contributed by atoms with Crippen LogP contribution in [0, 0.1) is 5.92 Å². The van der Waals surface area contributed by atoms with Gasteiger partial charge in [-0.15, -0.1) is 0 Å². The molecule has 0 aliphatic heterocycles. The fourth-order valence-electron chi connectivity index (χ4n) is 3.24. The van der Waals surface area contributed by atoms with Crippen LogP contribution in [0.4, 0.5) is 0 Å². The summed E-state index contributed by atoms with van der Waals surface area (Å²) in [4.78, 5) is 23.3. The number of carbonyl (C=O) groups excluding carboxylic acids is 1. The lowest BCUT2D eigenvalue weighted by Crippen LogP contribution is -2.11. The van der Waals surface area contributed by atoms with Crippen LogP contribution in [0.1, 0.15) is 42.1 Å². The van der Waals surface area contributed by atoms with Gasteiger partial charge in [0.2, 0.25) is 0 Å². The van der Waals surface area contributed by atoms with Gasteiger partial charge in [-0.1, -0.05) is 30.1 Å². The van der Waals surface area contributed by atoms with E-state index in [4.69, 9.17) is 33.0 Å². The molecule has 0 spiro atoms. The van der Waals surface area contributed by atoms with E-state index in [-0.39, 0.29) is 27.5 Å². The molecule has 4 nitrogen and oxygen atoms in total. The summed E-state index contributed by atoms with van der Waals surface area (Å²) in [5.41, 5.74) is 2.97. The number of benzene rings is 1. The Kier molecular flexibility index (Phi) is 3.91. The smallest absolute Gasteiger partial charge is 0.341 e. The molecule has 0 heterocycles. The Labute approximate surface area is 137 Å². The number of hydrogen-bond acceptors (Lipinski definition) is 3. The quantitative estimate of drug-likeness (QED) is 0.894. The Bertz CT molecular complexity index is 721. The third kappa shape index (κ3) is 2.31. The highest BCUT2D eigenvalue weighted by Crippen LogP contribution is 2.49. The number of hydrogen-bond donors (Lipinski definition) is 1. The average molecular weight is 341 g/mol. The third-order valence-corrected chi connectivity index (χ3v) is 5.05. The first kappa shape index (κ1) is 15.4. The number of ketones is 1. The van der Waals surface area contributed by atoms with Crippen molar-refractivity contribution < 1.29 is 19.4 Å². The largest absolute Gasteiger partial charge is 0.480 e. The number of rotatable bonds is 3. The number of Topliss-reactive ketones (excluding diaryl/α,β-unsaturated/α-hetero) is 1. The maximum Gasteiger partial charge on any atom is 0.341 e. The Morgan fingerprint density at radius 2 is 2.14 bits per heavy atom. The van der Waals surface area contributed by atoms with Crippen LogP contribution in [-0.4, -0.2) is 23.5 Å². The van der Waals surface area contributed by atoms with Crippen molar-refractivity contribution in [3.63, 3.8) is 0 Å². The van der Waals surface area contributed by atoms with Gasteiger partial charge in [0.05, 0.1) is 10.6 Å². The summed E-state index contributed by atoms with van der Waals surface area (Å²) in [6, 6.07) is 1.64. The molecule has 0 saturated carbocycles. The van der Waals surface area contributed by atoms with Crippen molar-refractivity contribution in [2.24, 2.45) is 5.92 Å². The van der Waals surface area contributed by atoms with E-state index in [1.807, 2.05) is 6.92 Å². The molecule has 0 radical (unpaired) electrons. The van der Waals surface area contributed by atoms with Crippen molar-refractivity contribution in [3.8, 4) is 5.75 Å². The Morgan fingerprint density at radius 3 is 2.82 bits per heavy atom. The number of halogens is 2. The molecule has 0 unspecified atom stereocenters. The molecule has 1 aromatic carbocycles. The van der Waals surface area contributed by atoms with E-state index < -0.39 is 12.6 Å². The van der Waals surface area contributed by atoms with Gasteiger partial charge in [0, 0.05) is 5.57 Å². The van der Waals surface area contributed by atoms with Gasteiger partial charge in [-0.05, 0) is 42.4 Å². The van der Waals surface area contributed by atoms with Crippen LogP contribution in [0.2, 0.25) is 10.0 Å². The molecular formula is C16H14Cl2O4. The zero-order valence-electron chi connectivity index (χ0n) is 11.9. The highest BCUT2D eigenvalue weighted by molar-refractivity contribution is 6.46. The number of allylic oxidation sites excluding steroid dienone is 2. The van der Waals surface area contributed by atoms with E-state index >= 15 is 0 Å². The van der Waals surface area contributed by atoms with Crippen molar-refractivity contribution in [2.75, 3.05) is 6.61 Å². The van der Waals surface area contributed by atoms with Gasteiger partial charge < -0.3 is 9.84 Å². The lowest BCUT2D eigenvalue weighted by Gasteiger charge is -2.20. The molecule has 22 heavy (non-hydrogen) atoms. The molecule has 1 N–H and O–H groups in total. The molecule has 3 rings (SSSR count). The summed E-state index contributed by atoms with van der Waals surface area (Å²) in [6.07, 6.45) is 2.80. The van der Waals surface area contributed by atoms with E-state index in [0.29, 0.717) is 5.56 Å². The zero-order chi connectivity index (χ0) is 16.0. The molecule has 1 aromatic rings. The second-order valence-corrected chi connectivity index (χ2v) is 6.38. The summed E-state index contributed by atoms with van der Waals surface area (Å²) in [6.45, 7) is 1.53. The van der Waals surface area contributed by atoms with E-state index in [1.54, 1.807) is 6.07 Å². The second kappa shape index (κ2) is 5.60. The van der Waals surface area contributed by atoms with Gasteiger partial charge in [0.25, 0.3) is 0 Å². The first-order valence-electron chi connectivity index (χ1n) is 7.06. The fraction of sp³-hybridized carbons (Fsp3) is 0.375. The summed E-state index contributed by atoms with van der Waals surface area (Å²) < 4.78 is 5.20. The normalized spacial score (nSPS) is 20.0. The summed E-state index contributed by atoms with van der Waals surface area (Å²) in [5, 5.41) is 8.96. The minimum atomic E-state index is -1.10. The number of carboxylic acids is 1. The van der Waals surface area contributed by atoms with E-state index in [0.717, 1.165) is 36.0 Å². The summed E-state index contributed by atoms with van der Waals surface area (Å²) in [7, 11) is 0. The Hall–Kier alpha value is -1.52. The highest BCUT2D eigenvalue weighted by Gasteiger charge is 2.37. The number of carboxylic acid groups (broad SMARTS) is 1. The van der Waals surface area contributed by atoms with Crippen LogP contribution in [0.25, 0.3) is 5.57 Å². The molecule has 2 aliphatic rings. The molecule has 0 aromatic heterocycles. The number of fused-ring (bicyclic) bond motifs is 2. The minimum absolute atomic E-state index is 0.0612. The van der Waals surface area contributed by atoms with Crippen molar-refractivity contribution >= 4 is 40.5 Å². The standard InChI is InChI=1S/C16H14Cl2O4/c1-7-3-2-4-8-9-5-10(22-6-11(19)20)14(17)15(18)13(9)16(21)12(7)8/h5,7H,2-4,6H2,1H3,(H,19,20)/t7-/m1/s1. The first-order chi connectivity index (χ1) is 10.4. The molecular weight excluding hydrogens is 327 g/mol. The maximum absolute atomic E-state index is 12.7. The van der Waals surface area contributed by atoms with E-state index in [1.165, 1.54) is 0 Å². The van der Waals surface area contributed by atoms with Gasteiger partial charge in [0.15, 0.2) is 12.4 Å². The summed E-state index contributed by atoms with van der Waals surface area (Å²) in [5.74, 6) is -0.765. The average Bonchev–Trinajstić information content (AvgIpc) is 2.75. The monoisotopic (exact) mass is 340 g/mol. The number of carbonyl (C=O) groups is 2. The lowest BCUT2D eigenvalue weighted by atomic mass is 9.84. The van der Waals surface area contributed by atoms with Crippen LogP contribution in [0.3, 0.4) is 0 Å². The van der Waals surface area contributed by atoms with Gasteiger partial charge in [-0.25, -0.2) is 4.79 Å². The first-order valence-corrected chi connectivity index (χ1v) is 7.82. The minimum Gasteiger partial charge on any atom is -0.480 e. The molecule has 6 heteroatoms. The predicted octanol–water partition coefficient (Wildman–Crippen LogP) is 4.23. The van der Waals surface area contributed by atoms with Crippen LogP contribution >= 0.6 is 23.2 Å². The third-order valence-electron chi connectivity index (χ3n) is 4.20. The molecule has 0 amide bonds. The van der Waals surface area contributed by atoms with Crippen molar-refractivity contribution in [1.29, 1.82) is 0 Å². The lowest BCUT2D eigenvalue weighted by molar-refractivity contribution is -0.139. The van der Waals surface area contributed by atoms with Crippen molar-refractivity contribution in [2.45, 2.75) is 26.2 Å². The van der Waals surface area contributed by atoms with Crippen LogP contribution < -0.4 is 4.74 Å². The van der Waals surface area contributed by atoms with E-state index in [2.05, 4.69) is 0 Å². The predicted molar refractivity (Wildman–Crippen MR) is 83.9 cm³/mol. The molecule has 0 fully saturated rings. The van der Waals surface area contributed by atoms with Crippen LogP contribution in [-0.2, 0) is 4.79 Å². The molecule has 2 aliphatic carbocycles. The zero-order valence-corrected chi connectivity index (χ0v) is 13.4. The Morgan fingerprint density at radius 1 is 1.41 bits per heavy atom. The summed E-state index contributed by atoms with van der Waals surface area (Å²) >= 11 is 12.4. The van der Waals surface area contributed by atoms with Gasteiger partial charge in [0.1, 0.15) is 10.8 Å². The van der Waals surface area contributed by atoms with E-state index in [9.17, 15) is 9.59 Å². The maximum atomic E-state index is 12.7. The van der Waals surface area contributed by atoms with Crippen LogP contribution in [0.5, 0.6) is 5.75 Å². The van der Waals surface area contributed by atoms with Crippen LogP contribution in [0.15, 0.2) is 11.6 Å². The number of aliphatic carboxylic acids is 1. The Balaban J connectivity index is 2.12. The molecule has 116 valence electrons. The SMILES string of the molecule is C[C@@H]1CCCC2=C1C(=O)c1c2cc(OCC(=O)O)c(Cl)c1Cl. The van der Waals surface area contributed by atoms with Crippen molar-refractivity contribution in [1.82, 2.24) is 0 Å². The fourth-order valence-corrected chi connectivity index (χ4v) is 3.73. The molecule has 0 bridgehead atoms. The molecule has 0 saturated heterocycles. The van der Waals surface area contributed by atoms with Crippen molar-refractivity contribution in [3.05, 3.63) is 32.8 Å². The van der Waals surface area contributed by atoms with Gasteiger partial charge in [-0.3, -0.25) is 4.79 Å².